The van der Waals surface area contributed by atoms with Crippen LogP contribution in [0.2, 0.25) is 0 Å². The van der Waals surface area contributed by atoms with Gasteiger partial charge in [-0.3, -0.25) is 14.8 Å². The van der Waals surface area contributed by atoms with Crippen molar-refractivity contribution in [1.29, 1.82) is 0 Å². The van der Waals surface area contributed by atoms with Gasteiger partial charge in [-0.25, -0.2) is 4.79 Å². The molecule has 1 aromatic heterocycles. The van der Waals surface area contributed by atoms with Crippen LogP contribution in [0.4, 0.5) is 0 Å². The molecule has 1 N–H and O–H groups in total. The van der Waals surface area contributed by atoms with Crippen LogP contribution in [0.3, 0.4) is 0 Å². The van der Waals surface area contributed by atoms with Crippen LogP contribution >= 0.6 is 0 Å². The van der Waals surface area contributed by atoms with E-state index >= 15 is 0 Å². The Hall–Kier alpha value is -2.50. The smallest absolute Gasteiger partial charge is 0.338 e. The Morgan fingerprint density at radius 3 is 2.65 bits per heavy atom. The zero-order valence-corrected chi connectivity index (χ0v) is 15.4. The molecular weight excluding hydrogens is 330 g/mol. The maximum Gasteiger partial charge on any atom is 0.338 e. The molecule has 6 heteroatoms. The van der Waals surface area contributed by atoms with Gasteiger partial charge in [0.05, 0.1) is 16.6 Å². The summed E-state index contributed by atoms with van der Waals surface area (Å²) in [5.41, 5.74) is 1.68. The first-order chi connectivity index (χ1) is 12.5. The molecule has 1 saturated carbocycles. The molecule has 1 heterocycles. The molecule has 138 valence electrons. The first-order valence-corrected chi connectivity index (χ1v) is 9.18. The van der Waals surface area contributed by atoms with Gasteiger partial charge >= 0.3 is 5.97 Å². The molecule has 1 aromatic carbocycles. The number of hydrogen-bond acceptors (Lipinski definition) is 5. The average molecular weight is 355 g/mol. The van der Waals surface area contributed by atoms with E-state index in [0.717, 1.165) is 12.8 Å². The summed E-state index contributed by atoms with van der Waals surface area (Å²) in [7, 11) is 0. The van der Waals surface area contributed by atoms with E-state index < -0.39 is 12.1 Å². The molecule has 26 heavy (non-hydrogen) atoms. The highest BCUT2D eigenvalue weighted by atomic mass is 16.5. The average Bonchev–Trinajstić information content (AvgIpc) is 2.64. The molecule has 1 aliphatic carbocycles. The third-order valence-corrected chi connectivity index (χ3v) is 5.39. The van der Waals surface area contributed by atoms with Gasteiger partial charge in [-0.05, 0) is 43.4 Å². The summed E-state index contributed by atoms with van der Waals surface area (Å²) in [5, 5.41) is 3.05. The topological polar surface area (TPSA) is 81.2 Å². The van der Waals surface area contributed by atoms with Gasteiger partial charge in [0.2, 0.25) is 0 Å². The van der Waals surface area contributed by atoms with E-state index in [1.165, 1.54) is 6.42 Å². The lowest BCUT2D eigenvalue weighted by Crippen LogP contribution is -2.47. The molecule has 0 radical (unpaired) electrons. The first-order valence-electron chi connectivity index (χ1n) is 9.18. The summed E-state index contributed by atoms with van der Waals surface area (Å²) in [6.45, 7) is 5.99. The normalized spacial score (nSPS) is 24.0. The molecule has 0 saturated heterocycles. The number of nitrogens with one attached hydrogen (secondary N) is 1. The lowest BCUT2D eigenvalue weighted by Gasteiger charge is -2.35. The van der Waals surface area contributed by atoms with E-state index in [0.29, 0.717) is 28.4 Å². The van der Waals surface area contributed by atoms with Crippen molar-refractivity contribution in [2.24, 2.45) is 11.8 Å². The molecule has 0 unspecified atom stereocenters. The number of aromatic nitrogens is 2. The van der Waals surface area contributed by atoms with Gasteiger partial charge in [0.15, 0.2) is 6.10 Å². The number of nitrogens with zero attached hydrogens (tertiary/aromatic N) is 2. The first kappa shape index (κ1) is 18.3. The second kappa shape index (κ2) is 7.81. The van der Waals surface area contributed by atoms with Crippen molar-refractivity contribution in [1.82, 2.24) is 15.3 Å². The van der Waals surface area contributed by atoms with Crippen LogP contribution in [-0.2, 0) is 9.53 Å². The molecule has 3 rings (SSSR count). The van der Waals surface area contributed by atoms with Gasteiger partial charge < -0.3 is 10.1 Å². The Labute approximate surface area is 153 Å². The predicted molar refractivity (Wildman–Crippen MR) is 98.5 cm³/mol. The minimum Gasteiger partial charge on any atom is -0.449 e. The number of esters is 1. The summed E-state index contributed by atoms with van der Waals surface area (Å²) in [4.78, 5) is 33.1. The zero-order valence-electron chi connectivity index (χ0n) is 15.4. The number of carbonyl (C=O) groups is 2. The van der Waals surface area contributed by atoms with Gasteiger partial charge in [0, 0.05) is 18.4 Å². The summed E-state index contributed by atoms with van der Waals surface area (Å²) >= 11 is 0. The number of rotatable bonds is 4. The minimum absolute atomic E-state index is 0.142. The number of benzene rings is 1. The lowest BCUT2D eigenvalue weighted by atomic mass is 9.78. The third kappa shape index (κ3) is 4.00. The summed E-state index contributed by atoms with van der Waals surface area (Å²) in [6, 6.07) is 5.12. The number of carbonyl (C=O) groups excluding carboxylic acids is 2. The highest BCUT2D eigenvalue weighted by Gasteiger charge is 2.30. The third-order valence-electron chi connectivity index (χ3n) is 5.39. The van der Waals surface area contributed by atoms with Crippen molar-refractivity contribution in [2.45, 2.75) is 52.2 Å². The Kier molecular flexibility index (Phi) is 5.49. The largest absolute Gasteiger partial charge is 0.449 e. The SMILES string of the molecule is C[C@@H]1[C@H](C)CCC[C@@H]1NC(=O)[C@@H](C)OC(=O)c1ccc2nccnc2c1. The fourth-order valence-corrected chi connectivity index (χ4v) is 3.46. The molecule has 4 atom stereocenters. The van der Waals surface area contributed by atoms with Crippen LogP contribution in [0.15, 0.2) is 30.6 Å². The van der Waals surface area contributed by atoms with Crippen molar-refractivity contribution in [3.05, 3.63) is 36.2 Å². The van der Waals surface area contributed by atoms with Crippen LogP contribution in [-0.4, -0.2) is 34.0 Å². The van der Waals surface area contributed by atoms with Gasteiger partial charge in [-0.2, -0.15) is 0 Å². The monoisotopic (exact) mass is 355 g/mol. The van der Waals surface area contributed by atoms with Crippen molar-refractivity contribution >= 4 is 22.9 Å². The quantitative estimate of drug-likeness (QED) is 0.852. The molecule has 1 amide bonds. The zero-order chi connectivity index (χ0) is 18.7. The van der Waals surface area contributed by atoms with Crippen molar-refractivity contribution in [2.75, 3.05) is 0 Å². The highest BCUT2D eigenvalue weighted by molar-refractivity contribution is 5.95. The van der Waals surface area contributed by atoms with Crippen LogP contribution < -0.4 is 5.32 Å². The van der Waals surface area contributed by atoms with E-state index in [1.54, 1.807) is 37.5 Å². The minimum atomic E-state index is -0.843. The molecule has 0 aliphatic heterocycles. The second-order valence-corrected chi connectivity index (χ2v) is 7.19. The van der Waals surface area contributed by atoms with Gasteiger partial charge in [0.1, 0.15) is 0 Å². The summed E-state index contributed by atoms with van der Waals surface area (Å²) in [5.74, 6) is 0.232. The van der Waals surface area contributed by atoms with Crippen LogP contribution in [0, 0.1) is 11.8 Å². The fourth-order valence-electron chi connectivity index (χ4n) is 3.46. The molecule has 6 nitrogen and oxygen atoms in total. The van der Waals surface area contributed by atoms with Crippen molar-refractivity contribution in [3.63, 3.8) is 0 Å². The number of hydrogen-bond donors (Lipinski definition) is 1. The molecule has 2 aromatic rings. The maximum absolute atomic E-state index is 12.4. The Balaban J connectivity index is 1.61. The Morgan fingerprint density at radius 1 is 1.15 bits per heavy atom. The van der Waals surface area contributed by atoms with Crippen molar-refractivity contribution < 1.29 is 14.3 Å². The fraction of sp³-hybridized carbons (Fsp3) is 0.500. The summed E-state index contributed by atoms with van der Waals surface area (Å²) in [6.07, 6.45) is 5.61. The second-order valence-electron chi connectivity index (χ2n) is 7.19. The van der Waals surface area contributed by atoms with Crippen LogP contribution in [0.1, 0.15) is 50.4 Å². The molecule has 0 bridgehead atoms. The van der Waals surface area contributed by atoms with E-state index in [1.807, 2.05) is 0 Å². The number of ether oxygens (including phenoxy) is 1. The van der Waals surface area contributed by atoms with Gasteiger partial charge in [-0.1, -0.05) is 26.7 Å². The lowest BCUT2D eigenvalue weighted by molar-refractivity contribution is -0.130. The van der Waals surface area contributed by atoms with E-state index in [9.17, 15) is 9.59 Å². The van der Waals surface area contributed by atoms with E-state index in [2.05, 4.69) is 29.1 Å². The van der Waals surface area contributed by atoms with E-state index in [4.69, 9.17) is 4.74 Å². The van der Waals surface area contributed by atoms with Crippen molar-refractivity contribution in [3.8, 4) is 0 Å². The molecule has 0 spiro atoms. The predicted octanol–water partition coefficient (Wildman–Crippen LogP) is 3.12. The number of amides is 1. The molecule has 1 aliphatic rings. The molecule has 1 fully saturated rings. The van der Waals surface area contributed by atoms with E-state index in [-0.39, 0.29) is 11.9 Å². The van der Waals surface area contributed by atoms with Crippen LogP contribution in [0.5, 0.6) is 0 Å². The van der Waals surface area contributed by atoms with Gasteiger partial charge in [-0.15, -0.1) is 0 Å². The maximum atomic E-state index is 12.4. The van der Waals surface area contributed by atoms with Crippen LogP contribution in [0.25, 0.3) is 11.0 Å². The highest BCUT2D eigenvalue weighted by Crippen LogP contribution is 2.29. The Morgan fingerprint density at radius 2 is 1.88 bits per heavy atom. The summed E-state index contributed by atoms with van der Waals surface area (Å²) < 4.78 is 5.35. The Bertz CT molecular complexity index is 808. The van der Waals surface area contributed by atoms with Gasteiger partial charge in [0.25, 0.3) is 5.91 Å². The molecular formula is C20H25N3O3. The number of fused-ring (bicyclic) bond motifs is 1. The standard InChI is InChI=1S/C20H25N3O3/c1-12-5-4-6-16(13(12)2)23-19(24)14(3)26-20(25)15-7-8-17-18(11-15)22-10-9-21-17/h7-14,16H,4-6H2,1-3H3,(H,23,24)/t12-,13-,14-,16+/m1/s1.